The number of piperidine rings is 1. The van der Waals surface area contributed by atoms with Gasteiger partial charge in [-0.3, -0.25) is 9.69 Å². The summed E-state index contributed by atoms with van der Waals surface area (Å²) in [5.41, 5.74) is 1.73. The van der Waals surface area contributed by atoms with Gasteiger partial charge in [0.2, 0.25) is 5.91 Å². The maximum Gasteiger partial charge on any atom is 0.238 e. The standard InChI is InChI=1S/C16H21ClN2O3/c1-12-2-3-13(10-14(12)17)18-15(20)11-19-6-4-16(5-7-19)21-8-9-22-16/h2-3,10H,4-9,11H2,1H3,(H,18,20). The number of aryl methyl sites for hydroxylation is 1. The Bertz CT molecular complexity index is 548. The van der Waals surface area contributed by atoms with Crippen molar-refractivity contribution in [1.29, 1.82) is 0 Å². The Morgan fingerprint density at radius 1 is 1.32 bits per heavy atom. The van der Waals surface area contributed by atoms with Gasteiger partial charge in [-0.1, -0.05) is 17.7 Å². The zero-order valence-corrected chi connectivity index (χ0v) is 13.5. The smallest absolute Gasteiger partial charge is 0.238 e. The summed E-state index contributed by atoms with van der Waals surface area (Å²) in [5, 5.41) is 3.55. The molecule has 0 aliphatic carbocycles. The second-order valence-electron chi connectivity index (χ2n) is 5.90. The molecule has 2 aliphatic heterocycles. The Morgan fingerprint density at radius 2 is 2.00 bits per heavy atom. The van der Waals surface area contributed by atoms with Crippen molar-refractivity contribution >= 4 is 23.2 Å². The fourth-order valence-corrected chi connectivity index (χ4v) is 3.09. The van der Waals surface area contributed by atoms with Gasteiger partial charge in [0.05, 0.1) is 19.8 Å². The highest BCUT2D eigenvalue weighted by Crippen LogP contribution is 2.31. The quantitative estimate of drug-likeness (QED) is 0.927. The highest BCUT2D eigenvalue weighted by atomic mass is 35.5. The van der Waals surface area contributed by atoms with Gasteiger partial charge in [-0.05, 0) is 24.6 Å². The molecule has 1 N–H and O–H groups in total. The molecule has 1 spiro atoms. The highest BCUT2D eigenvalue weighted by molar-refractivity contribution is 6.31. The highest BCUT2D eigenvalue weighted by Gasteiger charge is 2.39. The number of halogens is 1. The minimum Gasteiger partial charge on any atom is -0.347 e. The van der Waals surface area contributed by atoms with Crippen LogP contribution in [0, 0.1) is 6.92 Å². The second kappa shape index (κ2) is 6.54. The molecule has 2 aliphatic rings. The molecule has 6 heteroatoms. The average Bonchev–Trinajstić information content (AvgIpc) is 2.94. The van der Waals surface area contributed by atoms with Crippen LogP contribution in [0.25, 0.3) is 0 Å². The summed E-state index contributed by atoms with van der Waals surface area (Å²) in [6, 6.07) is 5.54. The first-order valence-electron chi connectivity index (χ1n) is 7.63. The zero-order valence-electron chi connectivity index (χ0n) is 12.7. The van der Waals surface area contributed by atoms with Gasteiger partial charge in [0.1, 0.15) is 0 Å². The topological polar surface area (TPSA) is 50.8 Å². The number of nitrogens with zero attached hydrogens (tertiary/aromatic N) is 1. The van der Waals surface area contributed by atoms with Gasteiger partial charge in [0, 0.05) is 36.6 Å². The van der Waals surface area contributed by atoms with Crippen molar-refractivity contribution < 1.29 is 14.3 Å². The van der Waals surface area contributed by atoms with Crippen LogP contribution in [0.2, 0.25) is 5.02 Å². The minimum atomic E-state index is -0.391. The van der Waals surface area contributed by atoms with Crippen LogP contribution in [0.4, 0.5) is 5.69 Å². The van der Waals surface area contributed by atoms with E-state index in [1.807, 2.05) is 19.1 Å². The Kier molecular flexibility index (Phi) is 4.68. The Labute approximate surface area is 135 Å². The molecular formula is C16H21ClN2O3. The van der Waals surface area contributed by atoms with E-state index in [1.165, 1.54) is 0 Å². The summed E-state index contributed by atoms with van der Waals surface area (Å²) in [7, 11) is 0. The van der Waals surface area contributed by atoms with Crippen LogP contribution < -0.4 is 5.32 Å². The monoisotopic (exact) mass is 324 g/mol. The van der Waals surface area contributed by atoms with Crippen LogP contribution in [0.3, 0.4) is 0 Å². The third-order valence-electron chi connectivity index (χ3n) is 4.25. The largest absolute Gasteiger partial charge is 0.347 e. The normalized spacial score (nSPS) is 21.2. The summed E-state index contributed by atoms with van der Waals surface area (Å²) >= 11 is 6.07. The summed E-state index contributed by atoms with van der Waals surface area (Å²) in [5.74, 6) is -0.415. The van der Waals surface area contributed by atoms with E-state index in [9.17, 15) is 4.79 Å². The van der Waals surface area contributed by atoms with E-state index in [0.29, 0.717) is 24.8 Å². The van der Waals surface area contributed by atoms with E-state index >= 15 is 0 Å². The third-order valence-corrected chi connectivity index (χ3v) is 4.66. The molecule has 2 saturated heterocycles. The van der Waals surface area contributed by atoms with Crippen molar-refractivity contribution in [2.24, 2.45) is 0 Å². The first-order valence-corrected chi connectivity index (χ1v) is 8.00. The van der Waals surface area contributed by atoms with Crippen LogP contribution in [0.1, 0.15) is 18.4 Å². The summed E-state index contributed by atoms with van der Waals surface area (Å²) in [4.78, 5) is 14.3. The van der Waals surface area contributed by atoms with Crippen LogP contribution in [0.5, 0.6) is 0 Å². The number of likely N-dealkylation sites (tertiary alicyclic amines) is 1. The van der Waals surface area contributed by atoms with E-state index in [-0.39, 0.29) is 5.91 Å². The molecule has 0 unspecified atom stereocenters. The lowest BCUT2D eigenvalue weighted by Gasteiger charge is -2.37. The van der Waals surface area contributed by atoms with Crippen molar-refractivity contribution in [2.75, 3.05) is 38.2 Å². The minimum absolute atomic E-state index is 0.0240. The molecular weight excluding hydrogens is 304 g/mol. The Balaban J connectivity index is 1.49. The summed E-state index contributed by atoms with van der Waals surface area (Å²) in [6.07, 6.45) is 1.63. The molecule has 22 heavy (non-hydrogen) atoms. The van der Waals surface area contributed by atoms with Gasteiger partial charge in [-0.2, -0.15) is 0 Å². The zero-order chi connectivity index (χ0) is 15.6. The SMILES string of the molecule is Cc1ccc(NC(=O)CN2CCC3(CC2)OCCO3)cc1Cl. The summed E-state index contributed by atoms with van der Waals surface area (Å²) < 4.78 is 11.4. The Morgan fingerprint density at radius 3 is 2.64 bits per heavy atom. The predicted molar refractivity (Wildman–Crippen MR) is 85.1 cm³/mol. The van der Waals surface area contributed by atoms with E-state index < -0.39 is 5.79 Å². The van der Waals surface area contributed by atoms with Gasteiger partial charge in [0.25, 0.3) is 0 Å². The molecule has 0 saturated carbocycles. The van der Waals surface area contributed by atoms with Crippen molar-refractivity contribution in [3.63, 3.8) is 0 Å². The first kappa shape index (κ1) is 15.7. The van der Waals surface area contributed by atoms with Gasteiger partial charge in [-0.25, -0.2) is 0 Å². The summed E-state index contributed by atoms with van der Waals surface area (Å²) in [6.45, 7) is 5.28. The number of nitrogens with one attached hydrogen (secondary N) is 1. The maximum atomic E-state index is 12.1. The molecule has 0 radical (unpaired) electrons. The number of anilines is 1. The number of ether oxygens (including phenoxy) is 2. The second-order valence-corrected chi connectivity index (χ2v) is 6.30. The number of carbonyl (C=O) groups excluding carboxylic acids is 1. The maximum absolute atomic E-state index is 12.1. The third kappa shape index (κ3) is 3.60. The molecule has 2 fully saturated rings. The first-order chi connectivity index (χ1) is 10.6. The van der Waals surface area contributed by atoms with Crippen LogP contribution in [-0.4, -0.2) is 49.4 Å². The van der Waals surface area contributed by atoms with Crippen LogP contribution in [-0.2, 0) is 14.3 Å². The molecule has 1 aromatic rings. The van der Waals surface area contributed by atoms with E-state index in [1.54, 1.807) is 6.07 Å². The van der Waals surface area contributed by atoms with Crippen molar-refractivity contribution in [1.82, 2.24) is 4.90 Å². The molecule has 0 bridgehead atoms. The van der Waals surface area contributed by atoms with Gasteiger partial charge >= 0.3 is 0 Å². The fraction of sp³-hybridized carbons (Fsp3) is 0.562. The predicted octanol–water partition coefficient (Wildman–Crippen LogP) is 2.43. The lowest BCUT2D eigenvalue weighted by molar-refractivity contribution is -0.185. The molecule has 3 rings (SSSR count). The van der Waals surface area contributed by atoms with E-state index in [0.717, 1.165) is 37.2 Å². The van der Waals surface area contributed by atoms with Crippen molar-refractivity contribution in [2.45, 2.75) is 25.6 Å². The van der Waals surface area contributed by atoms with Crippen molar-refractivity contribution in [3.8, 4) is 0 Å². The molecule has 120 valence electrons. The van der Waals surface area contributed by atoms with Crippen LogP contribution in [0.15, 0.2) is 18.2 Å². The molecule has 1 aromatic carbocycles. The number of amides is 1. The van der Waals surface area contributed by atoms with Gasteiger partial charge in [0.15, 0.2) is 5.79 Å². The molecule has 0 aromatic heterocycles. The number of benzene rings is 1. The van der Waals surface area contributed by atoms with Gasteiger partial charge in [-0.15, -0.1) is 0 Å². The fourth-order valence-electron chi connectivity index (χ4n) is 2.91. The Hall–Kier alpha value is -1.14. The molecule has 5 nitrogen and oxygen atoms in total. The lowest BCUT2D eigenvalue weighted by Crippen LogP contribution is -2.47. The molecule has 1 amide bonds. The number of hydrogen-bond acceptors (Lipinski definition) is 4. The number of carbonyl (C=O) groups is 1. The van der Waals surface area contributed by atoms with E-state index in [4.69, 9.17) is 21.1 Å². The lowest BCUT2D eigenvalue weighted by atomic mass is 10.0. The average molecular weight is 325 g/mol. The van der Waals surface area contributed by atoms with Gasteiger partial charge < -0.3 is 14.8 Å². The number of rotatable bonds is 3. The van der Waals surface area contributed by atoms with E-state index in [2.05, 4.69) is 10.2 Å². The molecule has 0 atom stereocenters. The molecule has 2 heterocycles. The van der Waals surface area contributed by atoms with Crippen molar-refractivity contribution in [3.05, 3.63) is 28.8 Å². The van der Waals surface area contributed by atoms with Crippen LogP contribution >= 0.6 is 11.6 Å². The number of hydrogen-bond donors (Lipinski definition) is 1.